The number of hydrogen-bond donors (Lipinski definition) is 1. The summed E-state index contributed by atoms with van der Waals surface area (Å²) in [6, 6.07) is 3.19. The largest absolute Gasteiger partial charge is 0.373 e. The van der Waals surface area contributed by atoms with Crippen LogP contribution in [-0.2, 0) is 0 Å². The summed E-state index contributed by atoms with van der Waals surface area (Å²) in [6.07, 6.45) is 1.43. The Morgan fingerprint density at radius 1 is 1.38 bits per heavy atom. The molecule has 0 aliphatic heterocycles. The Bertz CT molecular complexity index is 568. The Balaban J connectivity index is 2.80. The summed E-state index contributed by atoms with van der Waals surface area (Å²) >= 11 is 0. The standard InChI is InChI=1S/C10H10N4O2/c1-6-3-8-7(4-9(6)14(15)16)10(11-2)13-5-12-8/h3-5H,1-2H3,(H,11,12,13). The van der Waals surface area contributed by atoms with Crippen molar-refractivity contribution in [1.82, 2.24) is 9.97 Å². The molecule has 6 heteroatoms. The molecule has 0 spiro atoms. The van der Waals surface area contributed by atoms with E-state index in [-0.39, 0.29) is 5.69 Å². The number of rotatable bonds is 2. The van der Waals surface area contributed by atoms with E-state index in [4.69, 9.17) is 0 Å². The normalized spacial score (nSPS) is 10.4. The number of nitro groups is 1. The highest BCUT2D eigenvalue weighted by Crippen LogP contribution is 2.27. The highest BCUT2D eigenvalue weighted by molar-refractivity contribution is 5.91. The number of aryl methyl sites for hydroxylation is 1. The molecular formula is C10H10N4O2. The lowest BCUT2D eigenvalue weighted by atomic mass is 10.1. The van der Waals surface area contributed by atoms with Gasteiger partial charge in [-0.1, -0.05) is 0 Å². The minimum absolute atomic E-state index is 0.0822. The van der Waals surface area contributed by atoms with Gasteiger partial charge in [0.05, 0.1) is 10.4 Å². The maximum Gasteiger partial charge on any atom is 0.273 e. The van der Waals surface area contributed by atoms with Crippen LogP contribution in [0.4, 0.5) is 11.5 Å². The number of nitrogens with one attached hydrogen (secondary N) is 1. The quantitative estimate of drug-likeness (QED) is 0.614. The van der Waals surface area contributed by atoms with Gasteiger partial charge in [0.1, 0.15) is 12.1 Å². The molecule has 1 N–H and O–H groups in total. The Morgan fingerprint density at radius 2 is 2.12 bits per heavy atom. The maximum atomic E-state index is 10.8. The van der Waals surface area contributed by atoms with E-state index in [9.17, 15) is 10.1 Å². The fraction of sp³-hybridized carbons (Fsp3) is 0.200. The van der Waals surface area contributed by atoms with E-state index >= 15 is 0 Å². The van der Waals surface area contributed by atoms with Crippen molar-refractivity contribution in [2.24, 2.45) is 0 Å². The number of nitro benzene ring substituents is 1. The van der Waals surface area contributed by atoms with Crippen LogP contribution in [0.1, 0.15) is 5.56 Å². The molecule has 6 nitrogen and oxygen atoms in total. The third kappa shape index (κ3) is 1.54. The molecule has 2 rings (SSSR count). The second-order valence-corrected chi connectivity index (χ2v) is 3.39. The predicted octanol–water partition coefficient (Wildman–Crippen LogP) is 1.89. The fourth-order valence-electron chi connectivity index (χ4n) is 1.59. The molecule has 1 aromatic heterocycles. The Labute approximate surface area is 91.5 Å². The molecule has 82 valence electrons. The first-order valence-corrected chi connectivity index (χ1v) is 4.71. The highest BCUT2D eigenvalue weighted by Gasteiger charge is 2.14. The molecular weight excluding hydrogens is 208 g/mol. The SMILES string of the molecule is CNc1ncnc2cc(C)c([N+](=O)[O-])cc12. The smallest absolute Gasteiger partial charge is 0.273 e. The summed E-state index contributed by atoms with van der Waals surface area (Å²) in [7, 11) is 1.72. The van der Waals surface area contributed by atoms with E-state index < -0.39 is 4.92 Å². The zero-order chi connectivity index (χ0) is 11.7. The van der Waals surface area contributed by atoms with Crippen LogP contribution in [0, 0.1) is 17.0 Å². The third-order valence-corrected chi connectivity index (χ3v) is 2.39. The Hall–Kier alpha value is -2.24. The van der Waals surface area contributed by atoms with Gasteiger partial charge in [0.25, 0.3) is 5.69 Å². The molecule has 2 aromatic rings. The van der Waals surface area contributed by atoms with E-state index in [1.807, 2.05) is 0 Å². The molecule has 0 bridgehead atoms. The number of fused-ring (bicyclic) bond motifs is 1. The minimum Gasteiger partial charge on any atom is -0.373 e. The van der Waals surface area contributed by atoms with Crippen LogP contribution >= 0.6 is 0 Å². The van der Waals surface area contributed by atoms with Gasteiger partial charge in [0, 0.05) is 24.1 Å². The predicted molar refractivity (Wildman–Crippen MR) is 60.5 cm³/mol. The Morgan fingerprint density at radius 3 is 2.75 bits per heavy atom. The summed E-state index contributed by atoms with van der Waals surface area (Å²) in [4.78, 5) is 18.5. The first-order valence-electron chi connectivity index (χ1n) is 4.71. The Kier molecular flexibility index (Phi) is 2.40. The first kappa shape index (κ1) is 10.3. The average Bonchev–Trinajstić information content (AvgIpc) is 2.26. The molecule has 1 heterocycles. The number of nitrogens with zero attached hydrogens (tertiary/aromatic N) is 3. The number of anilines is 1. The maximum absolute atomic E-state index is 10.8. The van der Waals surface area contributed by atoms with Crippen molar-refractivity contribution in [2.75, 3.05) is 12.4 Å². The van der Waals surface area contributed by atoms with Crippen LogP contribution in [0.3, 0.4) is 0 Å². The van der Waals surface area contributed by atoms with Crippen LogP contribution < -0.4 is 5.32 Å². The third-order valence-electron chi connectivity index (χ3n) is 2.39. The number of aromatic nitrogens is 2. The summed E-state index contributed by atoms with van der Waals surface area (Å²) < 4.78 is 0. The van der Waals surface area contributed by atoms with Crippen molar-refractivity contribution in [2.45, 2.75) is 6.92 Å². The lowest BCUT2D eigenvalue weighted by Gasteiger charge is -2.05. The van der Waals surface area contributed by atoms with Crippen LogP contribution in [0.5, 0.6) is 0 Å². The van der Waals surface area contributed by atoms with E-state index in [1.54, 1.807) is 20.0 Å². The fourth-order valence-corrected chi connectivity index (χ4v) is 1.59. The lowest BCUT2D eigenvalue weighted by molar-refractivity contribution is -0.385. The molecule has 0 unspecified atom stereocenters. The summed E-state index contributed by atoms with van der Waals surface area (Å²) in [5, 5.41) is 14.3. The van der Waals surface area contributed by atoms with Gasteiger partial charge < -0.3 is 5.32 Å². The molecule has 0 atom stereocenters. The van der Waals surface area contributed by atoms with Gasteiger partial charge in [-0.05, 0) is 13.0 Å². The van der Waals surface area contributed by atoms with Gasteiger partial charge >= 0.3 is 0 Å². The summed E-state index contributed by atoms with van der Waals surface area (Å²) in [5.41, 5.74) is 1.37. The van der Waals surface area contributed by atoms with Crippen LogP contribution in [-0.4, -0.2) is 21.9 Å². The molecule has 0 aliphatic rings. The topological polar surface area (TPSA) is 81.0 Å². The zero-order valence-corrected chi connectivity index (χ0v) is 8.89. The molecule has 0 saturated carbocycles. The van der Waals surface area contributed by atoms with Crippen molar-refractivity contribution in [3.8, 4) is 0 Å². The van der Waals surface area contributed by atoms with Gasteiger partial charge in [-0.25, -0.2) is 9.97 Å². The van der Waals surface area contributed by atoms with Gasteiger partial charge in [0.15, 0.2) is 0 Å². The second-order valence-electron chi connectivity index (χ2n) is 3.39. The number of hydrogen-bond acceptors (Lipinski definition) is 5. The van der Waals surface area contributed by atoms with E-state index in [0.717, 1.165) is 0 Å². The van der Waals surface area contributed by atoms with Crippen molar-refractivity contribution in [3.63, 3.8) is 0 Å². The van der Waals surface area contributed by atoms with E-state index in [1.165, 1.54) is 12.4 Å². The molecule has 16 heavy (non-hydrogen) atoms. The van der Waals surface area contributed by atoms with Crippen molar-refractivity contribution < 1.29 is 4.92 Å². The highest BCUT2D eigenvalue weighted by atomic mass is 16.6. The van der Waals surface area contributed by atoms with Crippen molar-refractivity contribution >= 4 is 22.4 Å². The van der Waals surface area contributed by atoms with Gasteiger partial charge in [-0.2, -0.15) is 0 Å². The van der Waals surface area contributed by atoms with Gasteiger partial charge in [-0.3, -0.25) is 10.1 Å². The monoisotopic (exact) mass is 218 g/mol. The molecule has 0 radical (unpaired) electrons. The molecule has 0 amide bonds. The molecule has 1 aromatic carbocycles. The lowest BCUT2D eigenvalue weighted by Crippen LogP contribution is -1.97. The zero-order valence-electron chi connectivity index (χ0n) is 8.89. The van der Waals surface area contributed by atoms with Gasteiger partial charge in [-0.15, -0.1) is 0 Å². The van der Waals surface area contributed by atoms with Crippen LogP contribution in [0.25, 0.3) is 10.9 Å². The molecule has 0 aliphatic carbocycles. The van der Waals surface area contributed by atoms with Crippen LogP contribution in [0.15, 0.2) is 18.5 Å². The first-order chi connectivity index (χ1) is 7.63. The summed E-state index contributed by atoms with van der Waals surface area (Å²) in [5.74, 6) is 0.591. The van der Waals surface area contributed by atoms with E-state index in [2.05, 4.69) is 15.3 Å². The van der Waals surface area contributed by atoms with Crippen molar-refractivity contribution in [1.29, 1.82) is 0 Å². The van der Waals surface area contributed by atoms with Crippen molar-refractivity contribution in [3.05, 3.63) is 34.1 Å². The summed E-state index contributed by atoms with van der Waals surface area (Å²) in [6.45, 7) is 1.69. The van der Waals surface area contributed by atoms with Crippen LogP contribution in [0.2, 0.25) is 0 Å². The van der Waals surface area contributed by atoms with E-state index in [0.29, 0.717) is 22.3 Å². The molecule has 0 saturated heterocycles. The van der Waals surface area contributed by atoms with Gasteiger partial charge in [0.2, 0.25) is 0 Å². The minimum atomic E-state index is -0.402. The average molecular weight is 218 g/mol. The second kappa shape index (κ2) is 3.73. The number of benzene rings is 1. The molecule has 0 fully saturated rings.